The Bertz CT molecular complexity index is 398. The lowest BCUT2D eigenvalue weighted by molar-refractivity contribution is -0.123. The van der Waals surface area contributed by atoms with Gasteiger partial charge in [0.15, 0.2) is 0 Å². The van der Waals surface area contributed by atoms with Gasteiger partial charge in [0.25, 0.3) is 0 Å². The van der Waals surface area contributed by atoms with Crippen molar-refractivity contribution in [2.24, 2.45) is 0 Å². The zero-order valence-corrected chi connectivity index (χ0v) is 9.43. The molecule has 2 heterocycles. The van der Waals surface area contributed by atoms with Crippen LogP contribution in [0, 0.1) is 0 Å². The van der Waals surface area contributed by atoms with Crippen LogP contribution in [0.2, 0.25) is 0 Å². The summed E-state index contributed by atoms with van der Waals surface area (Å²) in [5.41, 5.74) is 5.06. The molecular weight excluding hydrogens is 224 g/mol. The molecule has 0 saturated carbocycles. The SMILES string of the molecule is Nc1cnn(CC(=O)NCC2(O)CCOC2)c1. The van der Waals surface area contributed by atoms with E-state index < -0.39 is 5.60 Å². The van der Waals surface area contributed by atoms with Crippen molar-refractivity contribution in [3.8, 4) is 0 Å². The monoisotopic (exact) mass is 240 g/mol. The second-order valence-corrected chi connectivity index (χ2v) is 4.27. The number of nitrogen functional groups attached to an aromatic ring is 1. The molecule has 0 aliphatic carbocycles. The first-order valence-electron chi connectivity index (χ1n) is 5.42. The van der Waals surface area contributed by atoms with Crippen molar-refractivity contribution in [2.75, 3.05) is 25.5 Å². The Kier molecular flexibility index (Phi) is 3.30. The molecule has 0 bridgehead atoms. The maximum Gasteiger partial charge on any atom is 0.241 e. The minimum absolute atomic E-state index is 0.0914. The summed E-state index contributed by atoms with van der Waals surface area (Å²) in [6.45, 7) is 1.08. The predicted molar refractivity (Wildman–Crippen MR) is 60.0 cm³/mol. The first-order valence-corrected chi connectivity index (χ1v) is 5.42. The summed E-state index contributed by atoms with van der Waals surface area (Å²) < 4.78 is 6.52. The molecule has 0 aromatic carbocycles. The van der Waals surface area contributed by atoms with Gasteiger partial charge in [0.2, 0.25) is 5.91 Å². The van der Waals surface area contributed by atoms with Crippen LogP contribution in [0.1, 0.15) is 6.42 Å². The molecular formula is C10H16N4O3. The number of anilines is 1. The Balaban J connectivity index is 1.77. The summed E-state index contributed by atoms with van der Waals surface area (Å²) in [5.74, 6) is -0.214. The number of aromatic nitrogens is 2. The molecule has 1 aliphatic rings. The number of carbonyl (C=O) groups is 1. The molecule has 0 radical (unpaired) electrons. The lowest BCUT2D eigenvalue weighted by Gasteiger charge is -2.20. The van der Waals surface area contributed by atoms with Crippen LogP contribution in [0.5, 0.6) is 0 Å². The molecule has 4 N–H and O–H groups in total. The molecule has 17 heavy (non-hydrogen) atoms. The van der Waals surface area contributed by atoms with Crippen molar-refractivity contribution in [1.29, 1.82) is 0 Å². The molecule has 1 aromatic rings. The van der Waals surface area contributed by atoms with E-state index in [2.05, 4.69) is 10.4 Å². The van der Waals surface area contributed by atoms with Crippen molar-refractivity contribution >= 4 is 11.6 Å². The Hall–Kier alpha value is -1.60. The molecule has 1 unspecified atom stereocenters. The lowest BCUT2D eigenvalue weighted by Crippen LogP contribution is -2.44. The molecule has 1 amide bonds. The highest BCUT2D eigenvalue weighted by atomic mass is 16.5. The fourth-order valence-electron chi connectivity index (χ4n) is 1.67. The summed E-state index contributed by atoms with van der Waals surface area (Å²) in [7, 11) is 0. The van der Waals surface area contributed by atoms with E-state index in [0.29, 0.717) is 18.7 Å². The molecule has 2 rings (SSSR count). The molecule has 1 aromatic heterocycles. The third kappa shape index (κ3) is 3.18. The first-order chi connectivity index (χ1) is 8.07. The molecule has 94 valence electrons. The number of hydrogen-bond donors (Lipinski definition) is 3. The Labute approximate surface area is 98.5 Å². The number of aliphatic hydroxyl groups is 1. The summed E-state index contributed by atoms with van der Waals surface area (Å²) in [6, 6.07) is 0. The number of nitrogens with one attached hydrogen (secondary N) is 1. The minimum atomic E-state index is -0.932. The van der Waals surface area contributed by atoms with Gasteiger partial charge in [-0.2, -0.15) is 5.10 Å². The number of nitrogens with zero attached hydrogens (tertiary/aromatic N) is 2. The van der Waals surface area contributed by atoms with Gasteiger partial charge in [0.1, 0.15) is 12.1 Å². The van der Waals surface area contributed by atoms with Crippen molar-refractivity contribution in [2.45, 2.75) is 18.6 Å². The average molecular weight is 240 g/mol. The van der Waals surface area contributed by atoms with Crippen LogP contribution in [0.3, 0.4) is 0 Å². The second kappa shape index (κ2) is 4.72. The summed E-state index contributed by atoms with van der Waals surface area (Å²) in [4.78, 5) is 11.6. The molecule has 0 spiro atoms. The standard InChI is InChI=1S/C10H16N4O3/c11-8-3-13-14(4-8)5-9(15)12-6-10(16)1-2-17-7-10/h3-4,16H,1-2,5-7,11H2,(H,12,15). The molecule has 7 nitrogen and oxygen atoms in total. The summed E-state index contributed by atoms with van der Waals surface area (Å²) in [5, 5.41) is 16.5. The third-order valence-electron chi connectivity index (χ3n) is 2.66. The Morgan fingerprint density at radius 3 is 3.18 bits per heavy atom. The van der Waals surface area contributed by atoms with E-state index in [9.17, 15) is 9.90 Å². The van der Waals surface area contributed by atoms with E-state index in [0.717, 1.165) is 0 Å². The largest absolute Gasteiger partial charge is 0.396 e. The van der Waals surface area contributed by atoms with Crippen LogP contribution in [0.15, 0.2) is 12.4 Å². The van der Waals surface area contributed by atoms with Crippen molar-refractivity contribution < 1.29 is 14.6 Å². The van der Waals surface area contributed by atoms with Gasteiger partial charge in [-0.25, -0.2) is 0 Å². The number of nitrogens with two attached hydrogens (primary N) is 1. The fraction of sp³-hybridized carbons (Fsp3) is 0.600. The van der Waals surface area contributed by atoms with Crippen LogP contribution < -0.4 is 11.1 Å². The Morgan fingerprint density at radius 1 is 1.76 bits per heavy atom. The number of rotatable bonds is 4. The van der Waals surface area contributed by atoms with Crippen LogP contribution in [0.25, 0.3) is 0 Å². The number of amides is 1. The van der Waals surface area contributed by atoms with E-state index >= 15 is 0 Å². The smallest absolute Gasteiger partial charge is 0.241 e. The summed E-state index contributed by atoms with van der Waals surface area (Å²) in [6.07, 6.45) is 3.60. The molecule has 1 fully saturated rings. The molecule has 1 atom stereocenters. The zero-order valence-electron chi connectivity index (χ0n) is 9.43. The van der Waals surface area contributed by atoms with E-state index in [1.54, 1.807) is 6.20 Å². The quantitative estimate of drug-likeness (QED) is 0.609. The lowest BCUT2D eigenvalue weighted by atomic mass is 10.0. The van der Waals surface area contributed by atoms with Gasteiger partial charge < -0.3 is 20.9 Å². The minimum Gasteiger partial charge on any atom is -0.396 e. The van der Waals surface area contributed by atoms with Gasteiger partial charge in [0.05, 0.1) is 18.5 Å². The number of carbonyl (C=O) groups excluding carboxylic acids is 1. The molecule has 1 aliphatic heterocycles. The van der Waals surface area contributed by atoms with Gasteiger partial charge in [-0.1, -0.05) is 0 Å². The fourth-order valence-corrected chi connectivity index (χ4v) is 1.67. The summed E-state index contributed by atoms with van der Waals surface area (Å²) >= 11 is 0. The topological polar surface area (TPSA) is 102 Å². The normalized spacial score (nSPS) is 23.8. The highest BCUT2D eigenvalue weighted by Gasteiger charge is 2.32. The van der Waals surface area contributed by atoms with Crippen LogP contribution in [0.4, 0.5) is 5.69 Å². The zero-order chi connectivity index (χ0) is 12.3. The predicted octanol–water partition coefficient (Wildman–Crippen LogP) is -1.27. The molecule has 1 saturated heterocycles. The highest BCUT2D eigenvalue weighted by Crippen LogP contribution is 2.16. The number of ether oxygens (including phenoxy) is 1. The molecule has 7 heteroatoms. The van der Waals surface area contributed by atoms with Crippen LogP contribution >= 0.6 is 0 Å². The van der Waals surface area contributed by atoms with E-state index in [1.165, 1.54) is 10.9 Å². The van der Waals surface area contributed by atoms with Crippen LogP contribution in [-0.4, -0.2) is 46.2 Å². The second-order valence-electron chi connectivity index (χ2n) is 4.27. The van der Waals surface area contributed by atoms with Crippen LogP contribution in [-0.2, 0) is 16.1 Å². The first kappa shape index (κ1) is 11.9. The van der Waals surface area contributed by atoms with E-state index in [1.807, 2.05) is 0 Å². The van der Waals surface area contributed by atoms with Gasteiger partial charge in [-0.15, -0.1) is 0 Å². The van der Waals surface area contributed by atoms with Gasteiger partial charge in [-0.05, 0) is 0 Å². The van der Waals surface area contributed by atoms with E-state index in [4.69, 9.17) is 10.5 Å². The highest BCUT2D eigenvalue weighted by molar-refractivity contribution is 5.75. The maximum atomic E-state index is 11.6. The average Bonchev–Trinajstić information content (AvgIpc) is 2.86. The van der Waals surface area contributed by atoms with Gasteiger partial charge >= 0.3 is 0 Å². The maximum absolute atomic E-state index is 11.6. The third-order valence-corrected chi connectivity index (χ3v) is 2.66. The van der Waals surface area contributed by atoms with Crippen molar-refractivity contribution in [3.05, 3.63) is 12.4 Å². The van der Waals surface area contributed by atoms with Crippen molar-refractivity contribution in [3.63, 3.8) is 0 Å². The van der Waals surface area contributed by atoms with Gasteiger partial charge in [0, 0.05) is 25.8 Å². The van der Waals surface area contributed by atoms with Crippen molar-refractivity contribution in [1.82, 2.24) is 15.1 Å². The van der Waals surface area contributed by atoms with E-state index in [-0.39, 0.29) is 25.6 Å². The van der Waals surface area contributed by atoms with Gasteiger partial charge in [-0.3, -0.25) is 9.48 Å². The number of hydrogen-bond acceptors (Lipinski definition) is 5. The Morgan fingerprint density at radius 2 is 2.59 bits per heavy atom.